The van der Waals surface area contributed by atoms with Gasteiger partial charge < -0.3 is 11.1 Å². The number of nitrogens with zero attached hydrogens (tertiary/aromatic N) is 1. The van der Waals surface area contributed by atoms with Gasteiger partial charge in [-0.2, -0.15) is 0 Å². The molecule has 3 rings (SSSR count). The number of nitrogens with two attached hydrogens (primary N) is 1. The summed E-state index contributed by atoms with van der Waals surface area (Å²) in [6.45, 7) is 5.17. The van der Waals surface area contributed by atoms with Crippen LogP contribution >= 0.6 is 0 Å². The third-order valence-corrected chi connectivity index (χ3v) is 5.59. The second-order valence-corrected chi connectivity index (χ2v) is 6.78. The van der Waals surface area contributed by atoms with Crippen molar-refractivity contribution in [2.45, 2.75) is 51.1 Å². The van der Waals surface area contributed by atoms with Gasteiger partial charge in [-0.25, -0.2) is 0 Å². The molecule has 1 amide bonds. The number of fused-ring (bicyclic) bond motifs is 1. The highest BCUT2D eigenvalue weighted by atomic mass is 16.2. The average molecular weight is 265 g/mol. The zero-order valence-electron chi connectivity index (χ0n) is 12.0. The fraction of sp³-hybridized carbons (Fsp3) is 0.933. The maximum Gasteiger partial charge on any atom is 0.224 e. The van der Waals surface area contributed by atoms with Crippen molar-refractivity contribution in [3.05, 3.63) is 0 Å². The summed E-state index contributed by atoms with van der Waals surface area (Å²) in [7, 11) is 0. The SMILES string of the molecule is CC1CCC(CN)C(N2CCCC3C(=O)NCC32)C1. The van der Waals surface area contributed by atoms with Gasteiger partial charge in [0.2, 0.25) is 5.91 Å². The molecule has 2 aliphatic heterocycles. The Morgan fingerprint density at radius 3 is 2.95 bits per heavy atom. The number of carbonyl (C=O) groups is 1. The molecule has 0 radical (unpaired) electrons. The van der Waals surface area contributed by atoms with Crippen LogP contribution < -0.4 is 11.1 Å². The summed E-state index contributed by atoms with van der Waals surface area (Å²) in [5.41, 5.74) is 6.00. The maximum absolute atomic E-state index is 11.9. The third-order valence-electron chi connectivity index (χ3n) is 5.59. The summed E-state index contributed by atoms with van der Waals surface area (Å²) in [4.78, 5) is 14.5. The molecule has 4 heteroatoms. The Morgan fingerprint density at radius 2 is 2.16 bits per heavy atom. The van der Waals surface area contributed by atoms with E-state index in [0.29, 0.717) is 18.0 Å². The molecular weight excluding hydrogens is 238 g/mol. The zero-order valence-corrected chi connectivity index (χ0v) is 12.0. The smallest absolute Gasteiger partial charge is 0.224 e. The van der Waals surface area contributed by atoms with E-state index in [2.05, 4.69) is 17.1 Å². The summed E-state index contributed by atoms with van der Waals surface area (Å²) >= 11 is 0. The Hall–Kier alpha value is -0.610. The average Bonchev–Trinajstić information content (AvgIpc) is 2.81. The van der Waals surface area contributed by atoms with Crippen molar-refractivity contribution in [2.24, 2.45) is 23.5 Å². The van der Waals surface area contributed by atoms with Gasteiger partial charge in [0.05, 0.1) is 5.92 Å². The Balaban J connectivity index is 1.77. The summed E-state index contributed by atoms with van der Waals surface area (Å²) in [6.07, 6.45) is 6.08. The number of amides is 1. The summed E-state index contributed by atoms with van der Waals surface area (Å²) in [6, 6.07) is 1.04. The lowest BCUT2D eigenvalue weighted by Gasteiger charge is -2.47. The van der Waals surface area contributed by atoms with E-state index in [-0.39, 0.29) is 11.8 Å². The lowest BCUT2D eigenvalue weighted by atomic mass is 9.76. The number of nitrogens with one attached hydrogen (secondary N) is 1. The monoisotopic (exact) mass is 265 g/mol. The first-order valence-corrected chi connectivity index (χ1v) is 7.94. The van der Waals surface area contributed by atoms with E-state index in [0.717, 1.165) is 38.4 Å². The number of carbonyl (C=O) groups excluding carboxylic acids is 1. The molecule has 3 fully saturated rings. The number of piperidine rings is 1. The summed E-state index contributed by atoms with van der Waals surface area (Å²) < 4.78 is 0. The lowest BCUT2D eigenvalue weighted by Crippen LogP contribution is -2.55. The van der Waals surface area contributed by atoms with Crippen LogP contribution in [0.5, 0.6) is 0 Å². The molecular formula is C15H27N3O. The zero-order chi connectivity index (χ0) is 13.4. The van der Waals surface area contributed by atoms with Crippen LogP contribution in [0, 0.1) is 17.8 Å². The first-order valence-electron chi connectivity index (χ1n) is 7.94. The van der Waals surface area contributed by atoms with Gasteiger partial charge in [0, 0.05) is 18.6 Å². The molecule has 0 aromatic heterocycles. The van der Waals surface area contributed by atoms with Crippen LogP contribution in [0.15, 0.2) is 0 Å². The molecule has 0 aromatic carbocycles. The summed E-state index contributed by atoms with van der Waals surface area (Å²) in [5.74, 6) is 1.95. The van der Waals surface area contributed by atoms with E-state index in [9.17, 15) is 4.79 Å². The van der Waals surface area contributed by atoms with Crippen LogP contribution in [0.25, 0.3) is 0 Å². The Morgan fingerprint density at radius 1 is 1.32 bits per heavy atom. The van der Waals surface area contributed by atoms with E-state index in [1.165, 1.54) is 19.3 Å². The van der Waals surface area contributed by atoms with E-state index in [4.69, 9.17) is 5.73 Å². The standard InChI is InChI=1S/C15H27N3O/c1-10-4-5-11(8-16)13(7-10)18-6-2-3-12-14(18)9-17-15(12)19/h10-14H,2-9,16H2,1H3,(H,17,19). The molecule has 0 aromatic rings. The molecule has 3 aliphatic rings. The van der Waals surface area contributed by atoms with Crippen molar-refractivity contribution in [1.29, 1.82) is 0 Å². The Labute approximate surface area is 116 Å². The fourth-order valence-electron chi connectivity index (χ4n) is 4.49. The van der Waals surface area contributed by atoms with E-state index in [1.54, 1.807) is 0 Å². The maximum atomic E-state index is 11.9. The van der Waals surface area contributed by atoms with Crippen molar-refractivity contribution < 1.29 is 4.79 Å². The molecule has 0 bridgehead atoms. The highest BCUT2D eigenvalue weighted by Gasteiger charge is 2.45. The van der Waals surface area contributed by atoms with Crippen LogP contribution in [0.2, 0.25) is 0 Å². The quantitative estimate of drug-likeness (QED) is 0.782. The molecule has 1 saturated carbocycles. The van der Waals surface area contributed by atoms with Gasteiger partial charge in [0.1, 0.15) is 0 Å². The Kier molecular flexibility index (Phi) is 3.81. The minimum atomic E-state index is 0.240. The predicted octanol–water partition coefficient (Wildman–Crippen LogP) is 0.960. The Bertz CT molecular complexity index is 346. The molecule has 2 heterocycles. The topological polar surface area (TPSA) is 58.4 Å². The van der Waals surface area contributed by atoms with E-state index >= 15 is 0 Å². The number of hydrogen-bond acceptors (Lipinski definition) is 3. The summed E-state index contributed by atoms with van der Waals surface area (Å²) in [5, 5.41) is 3.06. The normalized spacial score (nSPS) is 43.9. The van der Waals surface area contributed by atoms with Crippen molar-refractivity contribution in [2.75, 3.05) is 19.6 Å². The van der Waals surface area contributed by atoms with Crippen LogP contribution in [0.4, 0.5) is 0 Å². The van der Waals surface area contributed by atoms with Crippen molar-refractivity contribution in [1.82, 2.24) is 10.2 Å². The van der Waals surface area contributed by atoms with E-state index in [1.807, 2.05) is 0 Å². The highest BCUT2D eigenvalue weighted by molar-refractivity contribution is 5.82. The van der Waals surface area contributed by atoms with E-state index < -0.39 is 0 Å². The van der Waals surface area contributed by atoms with Crippen molar-refractivity contribution in [3.63, 3.8) is 0 Å². The first kappa shape index (κ1) is 13.4. The molecule has 1 aliphatic carbocycles. The first-order chi connectivity index (χ1) is 9.20. The van der Waals surface area contributed by atoms with Gasteiger partial charge in [-0.1, -0.05) is 13.3 Å². The van der Waals surface area contributed by atoms with Gasteiger partial charge >= 0.3 is 0 Å². The van der Waals surface area contributed by atoms with Gasteiger partial charge in [-0.3, -0.25) is 9.69 Å². The van der Waals surface area contributed by atoms with Gasteiger partial charge in [0.25, 0.3) is 0 Å². The molecule has 5 unspecified atom stereocenters. The third kappa shape index (κ3) is 2.40. The molecule has 3 N–H and O–H groups in total. The second kappa shape index (κ2) is 5.41. The van der Waals surface area contributed by atoms with Crippen LogP contribution in [-0.4, -0.2) is 42.5 Å². The molecule has 19 heavy (non-hydrogen) atoms. The number of likely N-dealkylation sites (tertiary alicyclic amines) is 1. The van der Waals surface area contributed by atoms with Crippen LogP contribution in [0.3, 0.4) is 0 Å². The van der Waals surface area contributed by atoms with Gasteiger partial charge in [-0.05, 0) is 50.6 Å². The molecule has 0 spiro atoms. The highest BCUT2D eigenvalue weighted by Crippen LogP contribution is 2.37. The fourth-order valence-corrected chi connectivity index (χ4v) is 4.49. The van der Waals surface area contributed by atoms with Crippen molar-refractivity contribution in [3.8, 4) is 0 Å². The molecule has 2 saturated heterocycles. The van der Waals surface area contributed by atoms with Crippen LogP contribution in [0.1, 0.15) is 39.0 Å². The second-order valence-electron chi connectivity index (χ2n) is 6.78. The lowest BCUT2D eigenvalue weighted by molar-refractivity contribution is -0.124. The minimum Gasteiger partial charge on any atom is -0.354 e. The number of hydrogen-bond donors (Lipinski definition) is 2. The predicted molar refractivity (Wildman–Crippen MR) is 75.6 cm³/mol. The molecule has 5 atom stereocenters. The van der Waals surface area contributed by atoms with Gasteiger partial charge in [-0.15, -0.1) is 0 Å². The molecule has 4 nitrogen and oxygen atoms in total. The number of rotatable bonds is 2. The van der Waals surface area contributed by atoms with Crippen molar-refractivity contribution >= 4 is 5.91 Å². The largest absolute Gasteiger partial charge is 0.354 e. The molecule has 108 valence electrons. The van der Waals surface area contributed by atoms with Gasteiger partial charge in [0.15, 0.2) is 0 Å². The van der Waals surface area contributed by atoms with Crippen LogP contribution in [-0.2, 0) is 4.79 Å². The minimum absolute atomic E-state index is 0.240.